The molecule has 4 rings (SSSR count). The lowest BCUT2D eigenvalue weighted by atomic mass is 10.1. The molecule has 2 saturated heterocycles. The molecule has 1 aromatic heterocycles. The van der Waals surface area contributed by atoms with Gasteiger partial charge in [-0.05, 0) is 37.0 Å². The van der Waals surface area contributed by atoms with Crippen LogP contribution in [0.3, 0.4) is 0 Å². The molecule has 0 bridgehead atoms. The van der Waals surface area contributed by atoms with Crippen LogP contribution in [0.2, 0.25) is 0 Å². The van der Waals surface area contributed by atoms with Gasteiger partial charge >= 0.3 is 12.0 Å². The van der Waals surface area contributed by atoms with Crippen molar-refractivity contribution in [2.75, 3.05) is 31.1 Å². The largest absolute Gasteiger partial charge is 0.487 e. The number of nitro groups is 1. The topological polar surface area (TPSA) is 127 Å². The third-order valence-corrected chi connectivity index (χ3v) is 6.47. The van der Waals surface area contributed by atoms with E-state index in [1.165, 1.54) is 24.0 Å². The van der Waals surface area contributed by atoms with Crippen molar-refractivity contribution in [2.45, 2.75) is 58.3 Å². The monoisotopic (exact) mass is 518 g/mol. The van der Waals surface area contributed by atoms with Gasteiger partial charge in [0, 0.05) is 26.1 Å². The van der Waals surface area contributed by atoms with Crippen molar-refractivity contribution in [3.63, 3.8) is 0 Å². The first kappa shape index (κ1) is 26.4. The van der Waals surface area contributed by atoms with Crippen molar-refractivity contribution < 1.29 is 32.8 Å². The summed E-state index contributed by atoms with van der Waals surface area (Å²) in [5.41, 5.74) is 0.936. The van der Waals surface area contributed by atoms with E-state index in [4.69, 9.17) is 13.9 Å². The van der Waals surface area contributed by atoms with Gasteiger partial charge in [0.15, 0.2) is 11.6 Å². The Labute approximate surface area is 213 Å². The number of likely N-dealkylation sites (tertiary alicyclic amines) is 1. The number of halogens is 1. The van der Waals surface area contributed by atoms with Gasteiger partial charge in [-0.3, -0.25) is 24.7 Å². The molecule has 1 aromatic carbocycles. The molecular weight excluding hydrogens is 487 g/mol. The summed E-state index contributed by atoms with van der Waals surface area (Å²) in [5, 5.41) is 13.9. The van der Waals surface area contributed by atoms with Crippen molar-refractivity contribution in [3.8, 4) is 5.75 Å². The van der Waals surface area contributed by atoms with E-state index >= 15 is 0 Å². The normalized spacial score (nSPS) is 18.8. The average molecular weight is 519 g/mol. The summed E-state index contributed by atoms with van der Waals surface area (Å²) in [6.45, 7) is 7.34. The van der Waals surface area contributed by atoms with Gasteiger partial charge in [0.1, 0.15) is 22.9 Å². The highest BCUT2D eigenvalue weighted by molar-refractivity contribution is 5.90. The Morgan fingerprint density at radius 2 is 2.03 bits per heavy atom. The van der Waals surface area contributed by atoms with Crippen LogP contribution in [0.25, 0.3) is 0 Å². The number of ether oxygens (including phenoxy) is 2. The minimum atomic E-state index is -0.599. The van der Waals surface area contributed by atoms with Crippen molar-refractivity contribution in [2.24, 2.45) is 0 Å². The summed E-state index contributed by atoms with van der Waals surface area (Å²) in [7, 11) is 0. The molecule has 0 saturated carbocycles. The number of cyclic esters (lactones) is 1. The predicted octanol–water partition coefficient (Wildman–Crippen LogP) is 3.96. The first-order chi connectivity index (χ1) is 17.6. The van der Waals surface area contributed by atoms with Gasteiger partial charge in [0.2, 0.25) is 5.91 Å². The summed E-state index contributed by atoms with van der Waals surface area (Å²) in [4.78, 5) is 37.5. The molecule has 1 N–H and O–H groups in total. The SMILES string of the molecule is CC(=O)NC[C@H]1CN(c2ccc(OC3CCN(Cc4cc(C(C)C)c([N+](=O)[O-])o4)CC3)c(F)c2)C(=O)O1. The Bertz CT molecular complexity index is 1160. The fourth-order valence-electron chi connectivity index (χ4n) is 4.52. The summed E-state index contributed by atoms with van der Waals surface area (Å²) < 4.78 is 31.5. The maximum Gasteiger partial charge on any atom is 0.436 e. The first-order valence-electron chi connectivity index (χ1n) is 12.3. The molecule has 2 amide bonds. The quantitative estimate of drug-likeness (QED) is 0.390. The van der Waals surface area contributed by atoms with Crippen LogP contribution in [0, 0.1) is 15.9 Å². The molecule has 200 valence electrons. The molecule has 2 aromatic rings. The van der Waals surface area contributed by atoms with Crippen LogP contribution < -0.4 is 15.0 Å². The van der Waals surface area contributed by atoms with Crippen molar-refractivity contribution in [1.29, 1.82) is 0 Å². The predicted molar refractivity (Wildman–Crippen MR) is 131 cm³/mol. The van der Waals surface area contributed by atoms with E-state index in [2.05, 4.69) is 10.2 Å². The minimum Gasteiger partial charge on any atom is -0.487 e. The molecule has 3 heterocycles. The summed E-state index contributed by atoms with van der Waals surface area (Å²) in [5.74, 6) is -0.364. The lowest BCUT2D eigenvalue weighted by Crippen LogP contribution is -2.37. The van der Waals surface area contributed by atoms with Crippen LogP contribution in [-0.2, 0) is 16.1 Å². The highest BCUT2D eigenvalue weighted by Crippen LogP contribution is 2.32. The second-order valence-corrected chi connectivity index (χ2v) is 9.65. The lowest BCUT2D eigenvalue weighted by molar-refractivity contribution is -0.403. The van der Waals surface area contributed by atoms with Crippen LogP contribution in [0.1, 0.15) is 50.9 Å². The Morgan fingerprint density at radius 1 is 1.30 bits per heavy atom. The molecule has 2 aliphatic rings. The maximum atomic E-state index is 14.8. The number of anilines is 1. The molecule has 11 nitrogen and oxygen atoms in total. The number of benzene rings is 1. The van der Waals surface area contributed by atoms with E-state index in [0.717, 1.165) is 0 Å². The molecule has 1 atom stereocenters. The Hall–Kier alpha value is -3.67. The van der Waals surface area contributed by atoms with Crippen LogP contribution in [0.4, 0.5) is 20.8 Å². The van der Waals surface area contributed by atoms with E-state index in [0.29, 0.717) is 49.5 Å². The van der Waals surface area contributed by atoms with E-state index in [1.54, 1.807) is 12.1 Å². The van der Waals surface area contributed by atoms with E-state index in [9.17, 15) is 24.1 Å². The summed E-state index contributed by atoms with van der Waals surface area (Å²) in [6, 6.07) is 6.09. The number of hydrogen-bond acceptors (Lipinski definition) is 8. The molecule has 2 fully saturated rings. The number of nitrogens with one attached hydrogen (secondary N) is 1. The maximum absolute atomic E-state index is 14.8. The molecule has 37 heavy (non-hydrogen) atoms. The highest BCUT2D eigenvalue weighted by atomic mass is 19.1. The van der Waals surface area contributed by atoms with Crippen molar-refractivity contribution in [3.05, 3.63) is 51.5 Å². The Morgan fingerprint density at radius 3 is 2.62 bits per heavy atom. The van der Waals surface area contributed by atoms with Gasteiger partial charge in [-0.15, -0.1) is 0 Å². The number of hydrogen-bond donors (Lipinski definition) is 1. The second kappa shape index (κ2) is 11.2. The third kappa shape index (κ3) is 6.37. The molecule has 0 unspecified atom stereocenters. The number of carbonyl (C=O) groups excluding carboxylic acids is 2. The number of nitrogens with zero attached hydrogens (tertiary/aromatic N) is 3. The first-order valence-corrected chi connectivity index (χ1v) is 12.3. The van der Waals surface area contributed by atoms with E-state index < -0.39 is 22.9 Å². The molecule has 0 aliphatic carbocycles. The highest BCUT2D eigenvalue weighted by Gasteiger charge is 2.33. The number of furan rings is 1. The van der Waals surface area contributed by atoms with Gasteiger partial charge < -0.3 is 19.2 Å². The molecule has 12 heteroatoms. The van der Waals surface area contributed by atoms with Crippen molar-refractivity contribution in [1.82, 2.24) is 10.2 Å². The van der Waals surface area contributed by atoms with E-state index in [1.807, 2.05) is 13.8 Å². The van der Waals surface area contributed by atoms with Crippen LogP contribution in [0.15, 0.2) is 28.7 Å². The molecule has 0 radical (unpaired) electrons. The van der Waals surface area contributed by atoms with Crippen molar-refractivity contribution >= 4 is 23.6 Å². The number of amides is 2. The second-order valence-electron chi connectivity index (χ2n) is 9.65. The fourth-order valence-corrected chi connectivity index (χ4v) is 4.52. The van der Waals surface area contributed by atoms with Crippen LogP contribution in [-0.4, -0.2) is 60.2 Å². The third-order valence-electron chi connectivity index (χ3n) is 6.47. The zero-order valence-corrected chi connectivity index (χ0v) is 21.1. The fraction of sp³-hybridized carbons (Fsp3) is 0.520. The van der Waals surface area contributed by atoms with Gasteiger partial charge in [-0.2, -0.15) is 0 Å². The zero-order chi connectivity index (χ0) is 26.7. The number of piperidine rings is 1. The van der Waals surface area contributed by atoms with Gasteiger partial charge in [0.25, 0.3) is 0 Å². The Kier molecular flexibility index (Phi) is 7.96. The average Bonchev–Trinajstić information content (AvgIpc) is 3.44. The summed E-state index contributed by atoms with van der Waals surface area (Å²) >= 11 is 0. The number of rotatable bonds is 9. The smallest absolute Gasteiger partial charge is 0.436 e. The van der Waals surface area contributed by atoms with Crippen LogP contribution >= 0.6 is 0 Å². The standard InChI is InChI=1S/C25H31FN4O7/c1-15(2)21-11-19(36-24(21)30(33)34)13-28-8-6-18(7-9-28)35-23-5-4-17(10-22(23)26)29-14-20(37-25(29)32)12-27-16(3)31/h4-5,10-11,15,18,20H,6-9,12-14H2,1-3H3,(H,27,31)/t20-/m0/s1. The Balaban J connectivity index is 1.30. The van der Waals surface area contributed by atoms with Gasteiger partial charge in [0.05, 0.1) is 30.9 Å². The molecule has 2 aliphatic heterocycles. The lowest BCUT2D eigenvalue weighted by Gasteiger charge is -2.31. The van der Waals surface area contributed by atoms with E-state index in [-0.39, 0.29) is 42.7 Å². The zero-order valence-electron chi connectivity index (χ0n) is 21.1. The van der Waals surface area contributed by atoms with Gasteiger partial charge in [-0.25, -0.2) is 9.18 Å². The minimum absolute atomic E-state index is 0.0143. The van der Waals surface area contributed by atoms with Crippen LogP contribution in [0.5, 0.6) is 5.75 Å². The number of carbonyl (C=O) groups is 2. The molecule has 0 spiro atoms. The summed E-state index contributed by atoms with van der Waals surface area (Å²) in [6.07, 6.45) is 0.0184. The van der Waals surface area contributed by atoms with Gasteiger partial charge in [-0.1, -0.05) is 13.8 Å². The molecular formula is C25H31FN4O7.